The molecule has 40 heavy (non-hydrogen) atoms. The molecule has 8 heteroatoms. The Bertz CT molecular complexity index is 1620. The summed E-state index contributed by atoms with van der Waals surface area (Å²) in [4.78, 5) is 35.6. The number of carbonyl (C=O) groups is 1. The standard InChI is InChI=1S/C32H32N6O2/c1-24-34-31-28(23-33-38(31)27-15-9-4-10-16-27)32(40)37(24)18-17-29(39)35-19-21-36(22-20-35)30(25-11-5-2-6-12-25)26-13-7-3-8-14-26/h2-16,23,30H,17-22H2,1H3. The Balaban J connectivity index is 1.13. The lowest BCUT2D eigenvalue weighted by molar-refractivity contribution is -0.133. The number of fused-ring (bicyclic) bond motifs is 1. The Kier molecular flexibility index (Phi) is 7.25. The van der Waals surface area contributed by atoms with Crippen LogP contribution in [0.5, 0.6) is 0 Å². The van der Waals surface area contributed by atoms with Gasteiger partial charge in [0.25, 0.3) is 5.56 Å². The predicted molar refractivity (Wildman–Crippen MR) is 155 cm³/mol. The minimum atomic E-state index is -0.170. The lowest BCUT2D eigenvalue weighted by Crippen LogP contribution is -2.50. The van der Waals surface area contributed by atoms with Crippen molar-refractivity contribution in [3.8, 4) is 5.69 Å². The fraction of sp³-hybridized carbons (Fsp3) is 0.250. The van der Waals surface area contributed by atoms with Crippen LogP contribution in [-0.2, 0) is 11.3 Å². The van der Waals surface area contributed by atoms with Gasteiger partial charge in [-0.15, -0.1) is 0 Å². The van der Waals surface area contributed by atoms with Crippen molar-refractivity contribution in [1.82, 2.24) is 29.1 Å². The van der Waals surface area contributed by atoms with Gasteiger partial charge in [0.15, 0.2) is 5.65 Å². The summed E-state index contributed by atoms with van der Waals surface area (Å²) >= 11 is 0. The van der Waals surface area contributed by atoms with Crippen molar-refractivity contribution in [3.05, 3.63) is 124 Å². The summed E-state index contributed by atoms with van der Waals surface area (Å²) in [6.45, 7) is 4.98. The molecular weight excluding hydrogens is 500 g/mol. The highest BCUT2D eigenvalue weighted by molar-refractivity contribution is 5.77. The van der Waals surface area contributed by atoms with Crippen molar-refractivity contribution in [3.63, 3.8) is 0 Å². The molecule has 0 aliphatic carbocycles. The molecule has 1 aliphatic heterocycles. The van der Waals surface area contributed by atoms with Gasteiger partial charge in [0, 0.05) is 39.1 Å². The summed E-state index contributed by atoms with van der Waals surface area (Å²) in [7, 11) is 0. The molecule has 2 aromatic heterocycles. The van der Waals surface area contributed by atoms with Crippen LogP contribution in [0.1, 0.15) is 29.4 Å². The summed E-state index contributed by atoms with van der Waals surface area (Å²) in [6, 6.07) is 30.8. The maximum atomic E-state index is 13.3. The molecule has 3 aromatic carbocycles. The second-order valence-corrected chi connectivity index (χ2v) is 10.1. The van der Waals surface area contributed by atoms with Crippen molar-refractivity contribution in [2.24, 2.45) is 0 Å². The zero-order valence-electron chi connectivity index (χ0n) is 22.6. The first-order valence-electron chi connectivity index (χ1n) is 13.7. The largest absolute Gasteiger partial charge is 0.340 e. The molecule has 1 aliphatic rings. The normalized spacial score (nSPS) is 14.2. The summed E-state index contributed by atoms with van der Waals surface area (Å²) in [5.41, 5.74) is 3.70. The molecule has 5 aromatic rings. The molecule has 0 radical (unpaired) electrons. The molecule has 0 unspecified atom stereocenters. The maximum Gasteiger partial charge on any atom is 0.264 e. The number of benzene rings is 3. The van der Waals surface area contributed by atoms with Crippen LogP contribution in [0, 0.1) is 6.92 Å². The van der Waals surface area contributed by atoms with Gasteiger partial charge in [0.05, 0.1) is 17.9 Å². The Morgan fingerprint density at radius 3 is 2.00 bits per heavy atom. The van der Waals surface area contributed by atoms with Crippen LogP contribution in [0.4, 0.5) is 0 Å². The van der Waals surface area contributed by atoms with E-state index in [0.29, 0.717) is 36.5 Å². The van der Waals surface area contributed by atoms with E-state index in [0.717, 1.165) is 18.8 Å². The summed E-state index contributed by atoms with van der Waals surface area (Å²) in [6.07, 6.45) is 1.81. The molecule has 3 heterocycles. The molecular formula is C32H32N6O2. The number of para-hydroxylation sites is 1. The minimum absolute atomic E-state index is 0.0574. The second-order valence-electron chi connectivity index (χ2n) is 10.1. The van der Waals surface area contributed by atoms with Crippen LogP contribution in [0.25, 0.3) is 16.7 Å². The Hall–Kier alpha value is -4.56. The van der Waals surface area contributed by atoms with E-state index in [4.69, 9.17) is 0 Å². The summed E-state index contributed by atoms with van der Waals surface area (Å²) in [5, 5.41) is 4.85. The second kappa shape index (κ2) is 11.3. The van der Waals surface area contributed by atoms with Gasteiger partial charge in [-0.1, -0.05) is 78.9 Å². The number of carbonyl (C=O) groups excluding carboxylic acids is 1. The number of piperazine rings is 1. The monoisotopic (exact) mass is 532 g/mol. The molecule has 202 valence electrons. The number of hydrogen-bond donors (Lipinski definition) is 0. The van der Waals surface area contributed by atoms with Crippen LogP contribution in [0.3, 0.4) is 0 Å². The zero-order chi connectivity index (χ0) is 27.5. The van der Waals surface area contributed by atoms with E-state index in [1.165, 1.54) is 11.1 Å². The Morgan fingerprint density at radius 2 is 1.40 bits per heavy atom. The minimum Gasteiger partial charge on any atom is -0.340 e. The Morgan fingerprint density at radius 1 is 0.825 bits per heavy atom. The summed E-state index contributed by atoms with van der Waals surface area (Å²) < 4.78 is 3.27. The van der Waals surface area contributed by atoms with Crippen LogP contribution in [-0.4, -0.2) is 61.2 Å². The molecule has 0 saturated carbocycles. The Labute approximate surface area is 233 Å². The van der Waals surface area contributed by atoms with Gasteiger partial charge in [0.2, 0.25) is 5.91 Å². The van der Waals surface area contributed by atoms with Gasteiger partial charge in [0.1, 0.15) is 11.2 Å². The highest BCUT2D eigenvalue weighted by atomic mass is 16.2. The smallest absolute Gasteiger partial charge is 0.264 e. The van der Waals surface area contributed by atoms with Crippen molar-refractivity contribution in [1.29, 1.82) is 0 Å². The van der Waals surface area contributed by atoms with Crippen LogP contribution in [0.15, 0.2) is 102 Å². The quantitative estimate of drug-likeness (QED) is 0.314. The van der Waals surface area contributed by atoms with E-state index >= 15 is 0 Å². The molecule has 6 rings (SSSR count). The van der Waals surface area contributed by atoms with Gasteiger partial charge in [-0.05, 0) is 30.2 Å². The van der Waals surface area contributed by atoms with Crippen molar-refractivity contribution in [2.45, 2.75) is 25.9 Å². The van der Waals surface area contributed by atoms with Crippen molar-refractivity contribution < 1.29 is 4.79 Å². The third kappa shape index (κ3) is 5.05. The van der Waals surface area contributed by atoms with Gasteiger partial charge < -0.3 is 4.90 Å². The third-order valence-electron chi connectivity index (χ3n) is 7.69. The molecule has 0 N–H and O–H groups in total. The molecule has 0 atom stereocenters. The highest BCUT2D eigenvalue weighted by Gasteiger charge is 2.28. The molecule has 8 nitrogen and oxygen atoms in total. The van der Waals surface area contributed by atoms with Gasteiger partial charge >= 0.3 is 0 Å². The van der Waals surface area contributed by atoms with E-state index in [2.05, 4.69) is 63.5 Å². The van der Waals surface area contributed by atoms with Gasteiger partial charge in [-0.2, -0.15) is 5.10 Å². The first-order chi connectivity index (χ1) is 19.6. The van der Waals surface area contributed by atoms with Crippen LogP contribution < -0.4 is 5.56 Å². The molecule has 1 amide bonds. The molecule has 1 saturated heterocycles. The van der Waals surface area contributed by atoms with Crippen LogP contribution in [0.2, 0.25) is 0 Å². The van der Waals surface area contributed by atoms with E-state index in [-0.39, 0.29) is 23.9 Å². The zero-order valence-corrected chi connectivity index (χ0v) is 22.6. The number of hydrogen-bond acceptors (Lipinski definition) is 5. The van der Waals surface area contributed by atoms with Crippen molar-refractivity contribution >= 4 is 16.9 Å². The highest BCUT2D eigenvalue weighted by Crippen LogP contribution is 2.29. The number of amides is 1. The molecule has 1 fully saturated rings. The summed E-state index contributed by atoms with van der Waals surface area (Å²) in [5.74, 6) is 0.628. The topological polar surface area (TPSA) is 76.3 Å². The van der Waals surface area contributed by atoms with Crippen LogP contribution >= 0.6 is 0 Å². The number of aromatic nitrogens is 4. The lowest BCUT2D eigenvalue weighted by Gasteiger charge is -2.40. The third-order valence-corrected chi connectivity index (χ3v) is 7.69. The lowest BCUT2D eigenvalue weighted by atomic mass is 9.96. The maximum absolute atomic E-state index is 13.3. The fourth-order valence-electron chi connectivity index (χ4n) is 5.61. The SMILES string of the molecule is Cc1nc2c(cnn2-c2ccccc2)c(=O)n1CCC(=O)N1CCN(C(c2ccccc2)c2ccccc2)CC1. The van der Waals surface area contributed by atoms with E-state index in [1.807, 2.05) is 47.4 Å². The van der Waals surface area contributed by atoms with E-state index in [9.17, 15) is 9.59 Å². The van der Waals surface area contributed by atoms with Crippen molar-refractivity contribution in [2.75, 3.05) is 26.2 Å². The first kappa shape index (κ1) is 25.7. The predicted octanol–water partition coefficient (Wildman–Crippen LogP) is 4.21. The fourth-order valence-corrected chi connectivity index (χ4v) is 5.61. The number of aryl methyl sites for hydroxylation is 1. The first-order valence-corrected chi connectivity index (χ1v) is 13.7. The number of nitrogens with zero attached hydrogens (tertiary/aromatic N) is 6. The van der Waals surface area contributed by atoms with Gasteiger partial charge in [-0.25, -0.2) is 9.67 Å². The van der Waals surface area contributed by atoms with E-state index < -0.39 is 0 Å². The average molecular weight is 533 g/mol. The molecule has 0 spiro atoms. The van der Waals surface area contributed by atoms with E-state index in [1.54, 1.807) is 22.4 Å². The number of rotatable bonds is 7. The molecule has 0 bridgehead atoms. The van der Waals surface area contributed by atoms with Gasteiger partial charge in [-0.3, -0.25) is 19.1 Å². The average Bonchev–Trinajstić information content (AvgIpc) is 3.43.